The maximum Gasteiger partial charge on any atom is 0.160 e. The van der Waals surface area contributed by atoms with Crippen LogP contribution in [0.15, 0.2) is 54.6 Å². The predicted octanol–water partition coefficient (Wildman–Crippen LogP) is 3.19. The molecule has 114 valence electrons. The van der Waals surface area contributed by atoms with E-state index in [0.717, 1.165) is 16.9 Å². The Bertz CT molecular complexity index is 625. The quantitative estimate of drug-likeness (QED) is 0.920. The van der Waals surface area contributed by atoms with E-state index >= 15 is 0 Å². The number of carbonyl (C=O) groups is 1. The molecule has 1 N–H and O–H groups in total. The number of carbonyl (C=O) groups excluding carboxylic acids is 1. The lowest BCUT2D eigenvalue weighted by Gasteiger charge is -2.10. The average molecular weight is 297 g/mol. The van der Waals surface area contributed by atoms with Crippen LogP contribution in [0.3, 0.4) is 0 Å². The summed E-state index contributed by atoms with van der Waals surface area (Å²) < 4.78 is 5.76. The zero-order valence-corrected chi connectivity index (χ0v) is 12.5. The predicted molar refractivity (Wildman–Crippen MR) is 83.3 cm³/mol. The Kier molecular flexibility index (Phi) is 4.51. The van der Waals surface area contributed by atoms with E-state index in [-0.39, 0.29) is 17.9 Å². The van der Waals surface area contributed by atoms with Crippen molar-refractivity contribution in [2.24, 2.45) is 0 Å². The number of hydrogen-bond acceptors (Lipinski definition) is 4. The van der Waals surface area contributed by atoms with Crippen molar-refractivity contribution in [3.8, 4) is 5.75 Å². The van der Waals surface area contributed by atoms with E-state index in [2.05, 4.69) is 5.48 Å². The summed E-state index contributed by atoms with van der Waals surface area (Å²) in [5.41, 5.74) is 5.15. The first-order valence-electron chi connectivity index (χ1n) is 7.40. The highest BCUT2D eigenvalue weighted by Gasteiger charge is 2.29. The van der Waals surface area contributed by atoms with Crippen LogP contribution >= 0.6 is 0 Å². The molecule has 1 aliphatic rings. The second kappa shape index (κ2) is 6.73. The largest absolute Gasteiger partial charge is 0.489 e. The topological polar surface area (TPSA) is 47.6 Å². The van der Waals surface area contributed by atoms with E-state index in [0.29, 0.717) is 13.0 Å². The molecule has 22 heavy (non-hydrogen) atoms. The van der Waals surface area contributed by atoms with Gasteiger partial charge < -0.3 is 4.74 Å². The van der Waals surface area contributed by atoms with Gasteiger partial charge in [-0.2, -0.15) is 5.48 Å². The maximum absolute atomic E-state index is 11.3. The standard InChI is InChI=1S/C18H19NO3/c1-13(20)18-11-17(19-22-18)15-7-9-16(10-8-15)21-12-14-5-3-2-4-6-14/h2-10,17-19H,11-12H2,1H3. The molecule has 1 heterocycles. The lowest BCUT2D eigenvalue weighted by atomic mass is 10.0. The van der Waals surface area contributed by atoms with Crippen molar-refractivity contribution in [2.45, 2.75) is 32.1 Å². The number of hydroxylamine groups is 1. The van der Waals surface area contributed by atoms with Crippen LogP contribution in [0, 0.1) is 0 Å². The first kappa shape index (κ1) is 14.8. The Morgan fingerprint density at radius 2 is 1.91 bits per heavy atom. The van der Waals surface area contributed by atoms with Gasteiger partial charge in [0.15, 0.2) is 5.78 Å². The fraction of sp³-hybridized carbons (Fsp3) is 0.278. The molecule has 0 spiro atoms. The minimum Gasteiger partial charge on any atom is -0.489 e. The first-order chi connectivity index (χ1) is 10.7. The van der Waals surface area contributed by atoms with Crippen LogP contribution in [0.5, 0.6) is 5.75 Å². The summed E-state index contributed by atoms with van der Waals surface area (Å²) in [6, 6.07) is 18.0. The number of rotatable bonds is 5. The van der Waals surface area contributed by atoms with Crippen LogP contribution in [0.1, 0.15) is 30.5 Å². The molecule has 0 aromatic heterocycles. The fourth-order valence-corrected chi connectivity index (χ4v) is 2.46. The van der Waals surface area contributed by atoms with Gasteiger partial charge in [0.1, 0.15) is 18.5 Å². The molecule has 4 nitrogen and oxygen atoms in total. The van der Waals surface area contributed by atoms with E-state index in [1.54, 1.807) is 6.92 Å². The van der Waals surface area contributed by atoms with E-state index in [9.17, 15) is 4.79 Å². The van der Waals surface area contributed by atoms with Gasteiger partial charge in [-0.05, 0) is 30.2 Å². The van der Waals surface area contributed by atoms with Crippen molar-refractivity contribution in [3.63, 3.8) is 0 Å². The van der Waals surface area contributed by atoms with Gasteiger partial charge in [-0.1, -0.05) is 42.5 Å². The van der Waals surface area contributed by atoms with Gasteiger partial charge in [-0.15, -0.1) is 0 Å². The summed E-state index contributed by atoms with van der Waals surface area (Å²) in [4.78, 5) is 16.6. The highest BCUT2D eigenvalue weighted by molar-refractivity contribution is 5.80. The molecule has 4 heteroatoms. The van der Waals surface area contributed by atoms with Crippen LogP contribution in [0.25, 0.3) is 0 Å². The molecule has 0 aliphatic carbocycles. The molecule has 0 saturated carbocycles. The Balaban J connectivity index is 1.58. The number of benzene rings is 2. The van der Waals surface area contributed by atoms with Crippen molar-refractivity contribution in [1.82, 2.24) is 5.48 Å². The molecule has 1 saturated heterocycles. The van der Waals surface area contributed by atoms with E-state index in [1.807, 2.05) is 54.6 Å². The summed E-state index contributed by atoms with van der Waals surface area (Å²) in [5.74, 6) is 0.882. The van der Waals surface area contributed by atoms with Crippen molar-refractivity contribution >= 4 is 5.78 Å². The van der Waals surface area contributed by atoms with Gasteiger partial charge in [-0.25, -0.2) is 0 Å². The smallest absolute Gasteiger partial charge is 0.160 e. The SMILES string of the molecule is CC(=O)C1CC(c2ccc(OCc3ccccc3)cc2)NO1. The van der Waals surface area contributed by atoms with Crippen molar-refractivity contribution in [3.05, 3.63) is 65.7 Å². The minimum absolute atomic E-state index is 0.0528. The van der Waals surface area contributed by atoms with Crippen molar-refractivity contribution < 1.29 is 14.4 Å². The van der Waals surface area contributed by atoms with Crippen LogP contribution in [-0.2, 0) is 16.2 Å². The zero-order valence-electron chi connectivity index (χ0n) is 12.5. The van der Waals surface area contributed by atoms with Crippen molar-refractivity contribution in [2.75, 3.05) is 0 Å². The molecule has 1 aliphatic heterocycles. The van der Waals surface area contributed by atoms with Crippen LogP contribution in [0.2, 0.25) is 0 Å². The molecule has 0 radical (unpaired) electrons. The molecule has 2 aromatic carbocycles. The van der Waals surface area contributed by atoms with Gasteiger partial charge in [0.2, 0.25) is 0 Å². The average Bonchev–Trinajstić information content (AvgIpc) is 3.05. The molecule has 3 rings (SSSR count). The molecule has 2 atom stereocenters. The molecular weight excluding hydrogens is 278 g/mol. The van der Waals surface area contributed by atoms with Gasteiger partial charge >= 0.3 is 0 Å². The van der Waals surface area contributed by atoms with Crippen LogP contribution in [-0.4, -0.2) is 11.9 Å². The molecule has 0 bridgehead atoms. The molecule has 1 fully saturated rings. The second-order valence-corrected chi connectivity index (χ2v) is 5.47. The van der Waals surface area contributed by atoms with Crippen molar-refractivity contribution in [1.29, 1.82) is 0 Å². The monoisotopic (exact) mass is 297 g/mol. The molecular formula is C18H19NO3. The third-order valence-corrected chi connectivity index (χ3v) is 3.79. The Labute approximate surface area is 130 Å². The molecule has 0 amide bonds. The lowest BCUT2D eigenvalue weighted by Crippen LogP contribution is -2.17. The van der Waals surface area contributed by atoms with Crippen LogP contribution in [0.4, 0.5) is 0 Å². The van der Waals surface area contributed by atoms with E-state index in [4.69, 9.17) is 9.57 Å². The number of ether oxygens (including phenoxy) is 1. The summed E-state index contributed by atoms with van der Waals surface area (Å²) in [5, 5.41) is 0. The lowest BCUT2D eigenvalue weighted by molar-refractivity contribution is -0.128. The Hall–Kier alpha value is -2.17. The summed E-state index contributed by atoms with van der Waals surface area (Å²) in [6.07, 6.45) is 0.318. The summed E-state index contributed by atoms with van der Waals surface area (Å²) in [6.45, 7) is 2.10. The van der Waals surface area contributed by atoms with Gasteiger partial charge in [0.25, 0.3) is 0 Å². The van der Waals surface area contributed by atoms with Gasteiger partial charge in [-0.3, -0.25) is 9.63 Å². The third kappa shape index (κ3) is 3.53. The van der Waals surface area contributed by atoms with Crippen LogP contribution < -0.4 is 10.2 Å². The minimum atomic E-state index is -0.348. The number of nitrogens with one attached hydrogen (secondary N) is 1. The number of hydrogen-bond donors (Lipinski definition) is 1. The zero-order chi connectivity index (χ0) is 15.4. The van der Waals surface area contributed by atoms with Gasteiger partial charge in [0.05, 0.1) is 6.04 Å². The molecule has 2 unspecified atom stereocenters. The normalized spacial score (nSPS) is 20.8. The fourth-order valence-electron chi connectivity index (χ4n) is 2.46. The summed E-state index contributed by atoms with van der Waals surface area (Å²) >= 11 is 0. The Morgan fingerprint density at radius 1 is 1.18 bits per heavy atom. The number of Topliss-reactive ketones (excluding diaryl/α,β-unsaturated/α-hetero) is 1. The molecule has 2 aromatic rings. The van der Waals surface area contributed by atoms with Gasteiger partial charge in [0, 0.05) is 6.42 Å². The maximum atomic E-state index is 11.3. The second-order valence-electron chi connectivity index (χ2n) is 5.47. The van der Waals surface area contributed by atoms with E-state index < -0.39 is 0 Å². The highest BCUT2D eigenvalue weighted by atomic mass is 16.7. The Morgan fingerprint density at radius 3 is 2.55 bits per heavy atom. The number of ketones is 1. The highest BCUT2D eigenvalue weighted by Crippen LogP contribution is 2.27. The summed E-state index contributed by atoms with van der Waals surface area (Å²) in [7, 11) is 0. The first-order valence-corrected chi connectivity index (χ1v) is 7.40. The van der Waals surface area contributed by atoms with E-state index in [1.165, 1.54) is 0 Å². The third-order valence-electron chi connectivity index (χ3n) is 3.79.